The fourth-order valence-corrected chi connectivity index (χ4v) is 3.94. The topological polar surface area (TPSA) is 115 Å². The number of nitrogens with two attached hydrogens (primary N) is 1. The second-order valence-corrected chi connectivity index (χ2v) is 7.42. The van der Waals surface area contributed by atoms with Gasteiger partial charge in [0.05, 0.1) is 16.9 Å². The van der Waals surface area contributed by atoms with Gasteiger partial charge in [-0.25, -0.2) is 8.78 Å². The molecule has 1 aliphatic rings. The number of hydrogen-bond acceptors (Lipinski definition) is 5. The highest BCUT2D eigenvalue weighted by atomic mass is 19.3. The summed E-state index contributed by atoms with van der Waals surface area (Å²) in [5.41, 5.74) is 6.26. The molecule has 0 bridgehead atoms. The molecule has 0 radical (unpaired) electrons. The SMILES string of the molecule is CCn1cc(-c2cc(C3(O)CCC(F)(F)CC3)n(C)n2)c2[nH]nc(N)c2c1=O. The van der Waals surface area contributed by atoms with Crippen molar-refractivity contribution in [3.8, 4) is 11.3 Å². The van der Waals surface area contributed by atoms with Gasteiger partial charge in [-0.3, -0.25) is 14.6 Å². The van der Waals surface area contributed by atoms with Crippen LogP contribution in [-0.4, -0.2) is 35.6 Å². The number of H-pyrrole nitrogens is 1. The number of fused-ring (bicyclic) bond motifs is 1. The molecule has 3 heterocycles. The lowest BCUT2D eigenvalue weighted by atomic mass is 9.80. The number of nitrogens with one attached hydrogen (secondary N) is 1. The van der Waals surface area contributed by atoms with E-state index in [1.165, 1.54) is 9.25 Å². The van der Waals surface area contributed by atoms with Crippen LogP contribution in [0.1, 0.15) is 38.3 Å². The Hall–Kier alpha value is -2.75. The minimum atomic E-state index is -2.75. The van der Waals surface area contributed by atoms with Crippen molar-refractivity contribution >= 4 is 16.7 Å². The predicted molar refractivity (Wildman–Crippen MR) is 100.0 cm³/mol. The molecule has 0 aliphatic heterocycles. The highest BCUT2D eigenvalue weighted by Gasteiger charge is 2.44. The molecule has 4 rings (SSSR count). The van der Waals surface area contributed by atoms with Crippen LogP contribution in [0.15, 0.2) is 17.1 Å². The van der Waals surface area contributed by atoms with Gasteiger partial charge >= 0.3 is 0 Å². The first-order valence-corrected chi connectivity index (χ1v) is 9.17. The fourth-order valence-electron chi connectivity index (χ4n) is 3.94. The van der Waals surface area contributed by atoms with Crippen LogP contribution in [0, 0.1) is 0 Å². The highest BCUT2D eigenvalue weighted by molar-refractivity contribution is 5.97. The normalized spacial score (nSPS) is 18.6. The van der Waals surface area contributed by atoms with Crippen LogP contribution >= 0.6 is 0 Å². The number of alkyl halides is 2. The van der Waals surface area contributed by atoms with Gasteiger partial charge in [0.15, 0.2) is 5.82 Å². The number of aliphatic hydroxyl groups is 1. The van der Waals surface area contributed by atoms with E-state index in [4.69, 9.17) is 5.73 Å². The minimum Gasteiger partial charge on any atom is -0.384 e. The Bertz CT molecular complexity index is 1100. The molecule has 10 heteroatoms. The number of halogens is 2. The highest BCUT2D eigenvalue weighted by Crippen LogP contribution is 2.44. The third-order valence-electron chi connectivity index (χ3n) is 5.61. The van der Waals surface area contributed by atoms with Crippen molar-refractivity contribution in [2.24, 2.45) is 7.05 Å². The number of hydrogen-bond donors (Lipinski definition) is 3. The van der Waals surface area contributed by atoms with Crippen LogP contribution in [0.5, 0.6) is 0 Å². The molecule has 0 aromatic carbocycles. The number of aryl methyl sites for hydroxylation is 2. The van der Waals surface area contributed by atoms with E-state index in [2.05, 4.69) is 15.3 Å². The molecule has 3 aromatic rings. The predicted octanol–water partition coefficient (Wildman–Crippen LogP) is 2.12. The Morgan fingerprint density at radius 3 is 2.64 bits per heavy atom. The summed E-state index contributed by atoms with van der Waals surface area (Å²) in [5.74, 6) is -2.64. The molecule has 1 fully saturated rings. The van der Waals surface area contributed by atoms with E-state index in [1.807, 2.05) is 6.92 Å². The molecule has 150 valence electrons. The average molecular weight is 392 g/mol. The van der Waals surface area contributed by atoms with Gasteiger partial charge in [0, 0.05) is 38.2 Å². The minimum absolute atomic E-state index is 0.0418. The zero-order chi connectivity index (χ0) is 20.3. The Labute approximate surface area is 159 Å². The molecule has 1 saturated carbocycles. The molecule has 0 atom stereocenters. The zero-order valence-electron chi connectivity index (χ0n) is 15.7. The summed E-state index contributed by atoms with van der Waals surface area (Å²) in [4.78, 5) is 12.5. The number of rotatable bonds is 3. The lowest BCUT2D eigenvalue weighted by molar-refractivity contribution is -0.109. The summed E-state index contributed by atoms with van der Waals surface area (Å²) in [6, 6.07) is 1.68. The number of nitrogens with zero attached hydrogens (tertiary/aromatic N) is 4. The van der Waals surface area contributed by atoms with Crippen LogP contribution in [0.25, 0.3) is 22.2 Å². The lowest BCUT2D eigenvalue weighted by Gasteiger charge is -2.35. The van der Waals surface area contributed by atoms with Crippen molar-refractivity contribution in [1.29, 1.82) is 0 Å². The summed E-state index contributed by atoms with van der Waals surface area (Å²) >= 11 is 0. The van der Waals surface area contributed by atoms with E-state index >= 15 is 0 Å². The molecule has 0 spiro atoms. The van der Waals surface area contributed by atoms with Crippen molar-refractivity contribution in [2.75, 3.05) is 5.73 Å². The molecular formula is C18H22F2N6O2. The van der Waals surface area contributed by atoms with E-state index < -0.39 is 11.5 Å². The molecule has 0 amide bonds. The second-order valence-electron chi connectivity index (χ2n) is 7.42. The summed E-state index contributed by atoms with van der Waals surface area (Å²) in [6.45, 7) is 2.27. The molecule has 3 aromatic heterocycles. The number of aromatic amines is 1. The Morgan fingerprint density at radius 2 is 2.00 bits per heavy atom. The monoisotopic (exact) mass is 392 g/mol. The number of anilines is 1. The van der Waals surface area contributed by atoms with Gasteiger partial charge in [0.1, 0.15) is 11.0 Å². The van der Waals surface area contributed by atoms with Gasteiger partial charge in [0.2, 0.25) is 5.92 Å². The molecule has 28 heavy (non-hydrogen) atoms. The maximum Gasteiger partial charge on any atom is 0.263 e. The van der Waals surface area contributed by atoms with Crippen LogP contribution in [0.4, 0.5) is 14.6 Å². The van der Waals surface area contributed by atoms with Crippen molar-refractivity contribution in [3.05, 3.63) is 28.3 Å². The lowest BCUT2D eigenvalue weighted by Crippen LogP contribution is -2.37. The molecule has 4 N–H and O–H groups in total. The molecule has 0 saturated heterocycles. The third-order valence-corrected chi connectivity index (χ3v) is 5.61. The quantitative estimate of drug-likeness (QED) is 0.632. The second kappa shape index (κ2) is 6.13. The van der Waals surface area contributed by atoms with E-state index in [1.54, 1.807) is 19.3 Å². The Kier molecular flexibility index (Phi) is 4.07. The first-order chi connectivity index (χ1) is 13.1. The third kappa shape index (κ3) is 2.79. The van der Waals surface area contributed by atoms with Crippen LogP contribution in [-0.2, 0) is 19.2 Å². The smallest absolute Gasteiger partial charge is 0.263 e. The van der Waals surface area contributed by atoms with Crippen molar-refractivity contribution in [1.82, 2.24) is 24.5 Å². The van der Waals surface area contributed by atoms with Crippen LogP contribution < -0.4 is 11.3 Å². The van der Waals surface area contributed by atoms with Crippen molar-refractivity contribution < 1.29 is 13.9 Å². The maximum absolute atomic E-state index is 13.5. The van der Waals surface area contributed by atoms with Gasteiger partial charge in [0.25, 0.3) is 5.56 Å². The van der Waals surface area contributed by atoms with E-state index in [-0.39, 0.29) is 42.4 Å². The van der Waals surface area contributed by atoms with Gasteiger partial charge < -0.3 is 15.4 Å². The zero-order valence-corrected chi connectivity index (χ0v) is 15.7. The molecular weight excluding hydrogens is 370 g/mol. The maximum atomic E-state index is 13.5. The average Bonchev–Trinajstić information content (AvgIpc) is 3.22. The number of nitrogen functional groups attached to an aromatic ring is 1. The summed E-state index contributed by atoms with van der Waals surface area (Å²) in [6.07, 6.45) is 0.839. The number of aromatic nitrogens is 5. The largest absolute Gasteiger partial charge is 0.384 e. The summed E-state index contributed by atoms with van der Waals surface area (Å²) in [7, 11) is 1.66. The summed E-state index contributed by atoms with van der Waals surface area (Å²) < 4.78 is 30.1. The Morgan fingerprint density at radius 1 is 1.32 bits per heavy atom. The van der Waals surface area contributed by atoms with Crippen LogP contribution in [0.3, 0.4) is 0 Å². The first-order valence-electron chi connectivity index (χ1n) is 9.17. The first kappa shape index (κ1) is 18.6. The molecule has 0 unspecified atom stereocenters. The van der Waals surface area contributed by atoms with Gasteiger partial charge in [-0.1, -0.05) is 0 Å². The van der Waals surface area contributed by atoms with E-state index in [9.17, 15) is 18.7 Å². The van der Waals surface area contributed by atoms with E-state index in [0.717, 1.165) is 0 Å². The summed E-state index contributed by atoms with van der Waals surface area (Å²) in [5, 5.41) is 22.5. The van der Waals surface area contributed by atoms with Crippen molar-refractivity contribution in [2.45, 2.75) is 50.7 Å². The molecule has 1 aliphatic carbocycles. The Balaban J connectivity index is 1.84. The van der Waals surface area contributed by atoms with Crippen molar-refractivity contribution in [3.63, 3.8) is 0 Å². The van der Waals surface area contributed by atoms with E-state index in [0.29, 0.717) is 29.0 Å². The molecule has 8 nitrogen and oxygen atoms in total. The number of pyridine rings is 1. The van der Waals surface area contributed by atoms with Gasteiger partial charge in [-0.15, -0.1) is 0 Å². The van der Waals surface area contributed by atoms with Crippen LogP contribution in [0.2, 0.25) is 0 Å². The fraction of sp³-hybridized carbons (Fsp3) is 0.500. The standard InChI is InChI=1S/C18H22F2N6O2/c1-3-26-9-10(14-13(16(26)27)15(21)23-22-14)11-8-12(25(2)24-11)17(28)4-6-18(19,20)7-5-17/h8-9,28H,3-7H2,1-2H3,(H3,21,22,23). The van der Waals surface area contributed by atoms with Gasteiger partial charge in [-0.2, -0.15) is 10.2 Å². The van der Waals surface area contributed by atoms with Gasteiger partial charge in [-0.05, 0) is 25.8 Å².